The minimum Gasteiger partial charge on any atom is -0.444 e. The van der Waals surface area contributed by atoms with Gasteiger partial charge in [-0.15, -0.1) is 0 Å². The monoisotopic (exact) mass is 319 g/mol. The summed E-state index contributed by atoms with van der Waals surface area (Å²) in [5.74, 6) is 0. The van der Waals surface area contributed by atoms with Gasteiger partial charge >= 0.3 is 6.09 Å². The van der Waals surface area contributed by atoms with E-state index in [1.54, 1.807) is 20.8 Å². The van der Waals surface area contributed by atoms with Crippen LogP contribution in [0.1, 0.15) is 48.5 Å². The molecule has 0 saturated heterocycles. The molecule has 0 aliphatic rings. The minimum atomic E-state index is -1.95. The Balaban J connectivity index is 4.71. The van der Waals surface area contributed by atoms with Crippen LogP contribution in [0.2, 0.25) is 18.1 Å². The summed E-state index contributed by atoms with van der Waals surface area (Å²) < 4.78 is 11.4. The van der Waals surface area contributed by atoms with Gasteiger partial charge in [0.05, 0.1) is 18.8 Å². The molecular formula is C15H33NO4Si. The van der Waals surface area contributed by atoms with Crippen LogP contribution >= 0.6 is 0 Å². The van der Waals surface area contributed by atoms with Gasteiger partial charge in [0.1, 0.15) is 5.60 Å². The summed E-state index contributed by atoms with van der Waals surface area (Å²) in [6, 6.07) is -0.478. The highest BCUT2D eigenvalue weighted by Gasteiger charge is 2.40. The molecule has 2 N–H and O–H groups in total. The van der Waals surface area contributed by atoms with E-state index >= 15 is 0 Å². The van der Waals surface area contributed by atoms with Crippen molar-refractivity contribution in [2.45, 2.75) is 84.3 Å². The van der Waals surface area contributed by atoms with Crippen molar-refractivity contribution in [3.8, 4) is 0 Å². The summed E-state index contributed by atoms with van der Waals surface area (Å²) in [5.41, 5.74) is -0.562. The van der Waals surface area contributed by atoms with E-state index in [1.807, 2.05) is 6.92 Å². The molecule has 2 atom stereocenters. The van der Waals surface area contributed by atoms with E-state index < -0.39 is 26.1 Å². The fourth-order valence-corrected chi connectivity index (χ4v) is 2.94. The number of aliphatic hydroxyl groups excluding tert-OH is 1. The third-order valence-electron chi connectivity index (χ3n) is 3.75. The second kappa shape index (κ2) is 7.11. The maximum absolute atomic E-state index is 11.8. The average molecular weight is 320 g/mol. The van der Waals surface area contributed by atoms with Crippen LogP contribution in [0.15, 0.2) is 0 Å². The van der Waals surface area contributed by atoms with Gasteiger partial charge in [-0.3, -0.25) is 0 Å². The van der Waals surface area contributed by atoms with Crippen LogP contribution in [-0.2, 0) is 9.16 Å². The van der Waals surface area contributed by atoms with Gasteiger partial charge in [-0.2, -0.15) is 0 Å². The molecule has 0 saturated carbocycles. The molecule has 0 bridgehead atoms. The molecule has 0 radical (unpaired) electrons. The van der Waals surface area contributed by atoms with E-state index in [0.717, 1.165) is 0 Å². The summed E-state index contributed by atoms with van der Waals surface area (Å²) in [6.45, 7) is 17.8. The first kappa shape index (κ1) is 20.4. The lowest BCUT2D eigenvalue weighted by Crippen LogP contribution is -2.52. The van der Waals surface area contributed by atoms with Crippen LogP contribution < -0.4 is 5.32 Å². The molecule has 1 amide bonds. The van der Waals surface area contributed by atoms with Crippen molar-refractivity contribution in [3.63, 3.8) is 0 Å². The number of nitrogens with one attached hydrogen (secondary N) is 1. The minimum absolute atomic E-state index is 0.0766. The Morgan fingerprint density at radius 1 is 1.19 bits per heavy atom. The number of amides is 1. The van der Waals surface area contributed by atoms with Crippen LogP contribution in [0.3, 0.4) is 0 Å². The summed E-state index contributed by atoms with van der Waals surface area (Å²) >= 11 is 0. The average Bonchev–Trinajstić information content (AvgIpc) is 2.20. The molecule has 126 valence electrons. The lowest BCUT2D eigenvalue weighted by Gasteiger charge is -2.40. The van der Waals surface area contributed by atoms with Gasteiger partial charge in [-0.25, -0.2) is 4.79 Å². The lowest BCUT2D eigenvalue weighted by atomic mass is 10.2. The molecule has 0 aliphatic heterocycles. The van der Waals surface area contributed by atoms with Crippen molar-refractivity contribution < 1.29 is 19.1 Å². The summed E-state index contributed by atoms with van der Waals surface area (Å²) in [5, 5.41) is 12.3. The number of carbonyl (C=O) groups excluding carboxylic acids is 1. The van der Waals surface area contributed by atoms with Gasteiger partial charge < -0.3 is 19.6 Å². The third-order valence-corrected chi connectivity index (χ3v) is 8.33. The van der Waals surface area contributed by atoms with Crippen molar-refractivity contribution in [1.29, 1.82) is 0 Å². The Morgan fingerprint density at radius 3 is 2.00 bits per heavy atom. The Labute approximate surface area is 130 Å². The Kier molecular flexibility index (Phi) is 6.91. The maximum atomic E-state index is 11.8. The molecule has 21 heavy (non-hydrogen) atoms. The zero-order valence-electron chi connectivity index (χ0n) is 15.0. The predicted molar refractivity (Wildman–Crippen MR) is 88.0 cm³/mol. The molecular weight excluding hydrogens is 286 g/mol. The van der Waals surface area contributed by atoms with E-state index in [1.165, 1.54) is 0 Å². The molecule has 0 heterocycles. The van der Waals surface area contributed by atoms with Crippen LogP contribution in [0.4, 0.5) is 4.79 Å². The van der Waals surface area contributed by atoms with Gasteiger partial charge in [-0.05, 0) is 45.8 Å². The molecule has 6 heteroatoms. The second-order valence-corrected chi connectivity index (χ2v) is 12.8. The number of carbonyl (C=O) groups is 1. The Bertz CT molecular complexity index is 345. The van der Waals surface area contributed by atoms with Gasteiger partial charge in [0, 0.05) is 0 Å². The van der Waals surface area contributed by atoms with Gasteiger partial charge in [0.2, 0.25) is 0 Å². The number of rotatable bonds is 5. The van der Waals surface area contributed by atoms with Crippen LogP contribution in [0.5, 0.6) is 0 Å². The van der Waals surface area contributed by atoms with E-state index in [9.17, 15) is 9.90 Å². The van der Waals surface area contributed by atoms with Crippen LogP contribution in [0.25, 0.3) is 0 Å². The van der Waals surface area contributed by atoms with Gasteiger partial charge in [0.25, 0.3) is 0 Å². The van der Waals surface area contributed by atoms with Gasteiger partial charge in [0.15, 0.2) is 8.32 Å². The maximum Gasteiger partial charge on any atom is 0.408 e. The molecule has 0 fully saturated rings. The molecule has 5 nitrogen and oxygen atoms in total. The van der Waals surface area contributed by atoms with E-state index in [4.69, 9.17) is 9.16 Å². The SMILES string of the molecule is C[C@H](O[Si](C)(C)C(C)(C)C)[C@H](CO)NC(=O)OC(C)(C)C. The Morgan fingerprint density at radius 2 is 1.67 bits per heavy atom. The number of alkyl carbamates (subject to hydrolysis) is 1. The largest absolute Gasteiger partial charge is 0.444 e. The van der Waals surface area contributed by atoms with Crippen molar-refractivity contribution >= 4 is 14.4 Å². The quantitative estimate of drug-likeness (QED) is 0.763. The highest BCUT2D eigenvalue weighted by atomic mass is 28.4. The highest BCUT2D eigenvalue weighted by Crippen LogP contribution is 2.37. The normalized spacial score (nSPS) is 16.3. The topological polar surface area (TPSA) is 67.8 Å². The predicted octanol–water partition coefficient (Wildman–Crippen LogP) is 3.28. The Hall–Kier alpha value is -0.593. The summed E-state index contributed by atoms with van der Waals surface area (Å²) in [4.78, 5) is 11.8. The van der Waals surface area contributed by atoms with Crippen molar-refractivity contribution in [3.05, 3.63) is 0 Å². The number of hydrogen-bond donors (Lipinski definition) is 2. The van der Waals surface area contributed by atoms with E-state index in [-0.39, 0.29) is 17.7 Å². The van der Waals surface area contributed by atoms with Crippen LogP contribution in [0, 0.1) is 0 Å². The molecule has 0 unspecified atom stereocenters. The first-order valence-electron chi connectivity index (χ1n) is 7.48. The fourth-order valence-electron chi connectivity index (χ4n) is 1.49. The summed E-state index contributed by atoms with van der Waals surface area (Å²) in [6.07, 6.45) is -0.810. The molecule has 0 rings (SSSR count). The fraction of sp³-hybridized carbons (Fsp3) is 0.933. The zero-order valence-corrected chi connectivity index (χ0v) is 16.0. The van der Waals surface area contributed by atoms with E-state index in [0.29, 0.717) is 0 Å². The number of aliphatic hydroxyl groups is 1. The first-order chi connectivity index (χ1) is 9.19. The molecule has 0 aromatic rings. The molecule has 0 aromatic heterocycles. The second-order valence-electron chi connectivity index (χ2n) is 8.02. The first-order valence-corrected chi connectivity index (χ1v) is 10.4. The molecule has 0 aromatic carbocycles. The van der Waals surface area contributed by atoms with E-state index in [2.05, 4.69) is 39.2 Å². The standard InChI is InChI=1S/C15H33NO4Si/c1-11(20-21(8,9)15(5,6)7)12(10-17)16-13(18)19-14(2,3)4/h11-12,17H,10H2,1-9H3,(H,16,18)/t11-,12-/m0/s1. The highest BCUT2D eigenvalue weighted by molar-refractivity contribution is 6.74. The smallest absolute Gasteiger partial charge is 0.408 e. The number of hydrogen-bond acceptors (Lipinski definition) is 4. The summed E-state index contributed by atoms with van der Waals surface area (Å²) in [7, 11) is -1.95. The lowest BCUT2D eigenvalue weighted by molar-refractivity contribution is 0.0391. The third kappa shape index (κ3) is 7.29. The molecule has 0 spiro atoms. The number of ether oxygens (including phenoxy) is 1. The van der Waals surface area contributed by atoms with Crippen molar-refractivity contribution in [1.82, 2.24) is 5.32 Å². The molecule has 0 aliphatic carbocycles. The van der Waals surface area contributed by atoms with Gasteiger partial charge in [-0.1, -0.05) is 20.8 Å². The van der Waals surface area contributed by atoms with Crippen molar-refractivity contribution in [2.75, 3.05) is 6.61 Å². The zero-order chi connectivity index (χ0) is 17.1. The van der Waals surface area contributed by atoms with Crippen molar-refractivity contribution in [2.24, 2.45) is 0 Å². The van der Waals surface area contributed by atoms with Crippen LogP contribution in [-0.4, -0.2) is 43.9 Å².